The lowest BCUT2D eigenvalue weighted by molar-refractivity contribution is 0.0953. The standard InChI is InChI=1S/C26H22N4O/c31-26(28-15-4-8-21-17-29-30-18-21)23-12-13-25(24-9-5-14-27-19-24)22(16-23)11-10-20-6-2-1-3-7-20/h1-3,5-7,9,12-14,16-19H,4,8,15H2,(H,28,31)(H,29,30). The van der Waals surface area contributed by atoms with Crippen LogP contribution in [0.4, 0.5) is 0 Å². The van der Waals surface area contributed by atoms with Gasteiger partial charge in [0.1, 0.15) is 0 Å². The summed E-state index contributed by atoms with van der Waals surface area (Å²) in [4.78, 5) is 16.9. The third-order valence-corrected chi connectivity index (χ3v) is 4.85. The highest BCUT2D eigenvalue weighted by molar-refractivity contribution is 5.95. The summed E-state index contributed by atoms with van der Waals surface area (Å²) >= 11 is 0. The van der Waals surface area contributed by atoms with Crippen LogP contribution >= 0.6 is 0 Å². The Bertz CT molecular complexity index is 1190. The summed E-state index contributed by atoms with van der Waals surface area (Å²) in [5.41, 5.74) is 5.36. The Balaban J connectivity index is 1.53. The molecule has 5 nitrogen and oxygen atoms in total. The summed E-state index contributed by atoms with van der Waals surface area (Å²) in [6.45, 7) is 0.597. The highest BCUT2D eigenvalue weighted by Crippen LogP contribution is 2.24. The first-order chi connectivity index (χ1) is 15.3. The summed E-state index contributed by atoms with van der Waals surface area (Å²) < 4.78 is 0. The Labute approximate surface area is 181 Å². The van der Waals surface area contributed by atoms with Crippen molar-refractivity contribution in [2.45, 2.75) is 12.8 Å². The number of nitrogens with zero attached hydrogens (tertiary/aromatic N) is 2. The molecule has 0 aliphatic heterocycles. The van der Waals surface area contributed by atoms with Crippen LogP contribution < -0.4 is 5.32 Å². The molecule has 0 aliphatic carbocycles. The number of pyridine rings is 1. The average molecular weight is 406 g/mol. The van der Waals surface area contributed by atoms with E-state index in [1.54, 1.807) is 18.6 Å². The molecule has 2 aromatic heterocycles. The van der Waals surface area contributed by atoms with E-state index in [2.05, 4.69) is 32.3 Å². The minimum Gasteiger partial charge on any atom is -0.352 e. The third kappa shape index (κ3) is 5.46. The number of carbonyl (C=O) groups is 1. The molecule has 0 saturated heterocycles. The molecule has 31 heavy (non-hydrogen) atoms. The fourth-order valence-electron chi connectivity index (χ4n) is 3.23. The Hall–Kier alpha value is -4.17. The van der Waals surface area contributed by atoms with Gasteiger partial charge in [-0.1, -0.05) is 42.2 Å². The van der Waals surface area contributed by atoms with Crippen molar-refractivity contribution in [2.75, 3.05) is 6.54 Å². The fraction of sp³-hybridized carbons (Fsp3) is 0.115. The van der Waals surface area contributed by atoms with Crippen LogP contribution in [0.5, 0.6) is 0 Å². The van der Waals surface area contributed by atoms with E-state index in [9.17, 15) is 4.79 Å². The zero-order valence-corrected chi connectivity index (χ0v) is 17.0. The molecular weight excluding hydrogens is 384 g/mol. The van der Waals surface area contributed by atoms with Gasteiger partial charge in [0.05, 0.1) is 6.20 Å². The fourth-order valence-corrected chi connectivity index (χ4v) is 3.23. The largest absolute Gasteiger partial charge is 0.352 e. The van der Waals surface area contributed by atoms with Gasteiger partial charge in [0.25, 0.3) is 5.91 Å². The number of aromatic amines is 1. The lowest BCUT2D eigenvalue weighted by Crippen LogP contribution is -2.24. The molecule has 0 aliphatic rings. The summed E-state index contributed by atoms with van der Waals surface area (Å²) in [7, 11) is 0. The molecule has 0 radical (unpaired) electrons. The van der Waals surface area contributed by atoms with E-state index in [-0.39, 0.29) is 5.91 Å². The molecule has 0 unspecified atom stereocenters. The van der Waals surface area contributed by atoms with E-state index in [4.69, 9.17) is 0 Å². The van der Waals surface area contributed by atoms with Crippen molar-refractivity contribution in [1.82, 2.24) is 20.5 Å². The van der Waals surface area contributed by atoms with Crippen LogP contribution in [0.15, 0.2) is 85.5 Å². The van der Waals surface area contributed by atoms with Crippen LogP contribution in [-0.2, 0) is 6.42 Å². The van der Waals surface area contributed by atoms with Crippen LogP contribution in [0.3, 0.4) is 0 Å². The van der Waals surface area contributed by atoms with Gasteiger partial charge in [0, 0.05) is 47.4 Å². The summed E-state index contributed by atoms with van der Waals surface area (Å²) in [6, 6.07) is 19.3. The normalized spacial score (nSPS) is 10.2. The molecule has 0 saturated carbocycles. The molecule has 152 valence electrons. The number of benzene rings is 2. The first-order valence-electron chi connectivity index (χ1n) is 10.2. The first kappa shape index (κ1) is 20.1. The van der Waals surface area contributed by atoms with Crippen molar-refractivity contribution in [3.63, 3.8) is 0 Å². The number of nitrogens with one attached hydrogen (secondary N) is 2. The number of hydrogen-bond acceptors (Lipinski definition) is 3. The van der Waals surface area contributed by atoms with E-state index in [0.29, 0.717) is 12.1 Å². The Morgan fingerprint density at radius 1 is 1.00 bits per heavy atom. The van der Waals surface area contributed by atoms with E-state index >= 15 is 0 Å². The second-order valence-electron chi connectivity index (χ2n) is 7.08. The van der Waals surface area contributed by atoms with Gasteiger partial charge in [-0.2, -0.15) is 5.10 Å². The molecule has 2 N–H and O–H groups in total. The van der Waals surface area contributed by atoms with Crippen molar-refractivity contribution < 1.29 is 4.79 Å². The van der Waals surface area contributed by atoms with E-state index in [1.165, 1.54) is 0 Å². The number of amides is 1. The van der Waals surface area contributed by atoms with Crippen LogP contribution in [-0.4, -0.2) is 27.6 Å². The molecule has 0 bridgehead atoms. The molecule has 1 amide bonds. The molecule has 5 heteroatoms. The highest BCUT2D eigenvalue weighted by Gasteiger charge is 2.10. The minimum atomic E-state index is -0.104. The monoisotopic (exact) mass is 406 g/mol. The van der Waals surface area contributed by atoms with Crippen LogP contribution in [0.25, 0.3) is 11.1 Å². The summed E-state index contributed by atoms with van der Waals surface area (Å²) in [5, 5.41) is 9.73. The van der Waals surface area contributed by atoms with Gasteiger partial charge < -0.3 is 5.32 Å². The van der Waals surface area contributed by atoms with E-state index in [1.807, 2.05) is 66.9 Å². The van der Waals surface area contributed by atoms with Crippen molar-refractivity contribution >= 4 is 5.91 Å². The van der Waals surface area contributed by atoms with Crippen LogP contribution in [0.2, 0.25) is 0 Å². The number of rotatable bonds is 6. The lowest BCUT2D eigenvalue weighted by atomic mass is 9.98. The zero-order chi connectivity index (χ0) is 21.3. The molecule has 4 rings (SSSR count). The van der Waals surface area contributed by atoms with Gasteiger partial charge in [0.2, 0.25) is 0 Å². The van der Waals surface area contributed by atoms with Gasteiger partial charge in [-0.25, -0.2) is 0 Å². The number of H-pyrrole nitrogens is 1. The summed E-state index contributed by atoms with van der Waals surface area (Å²) in [5.74, 6) is 6.33. The van der Waals surface area contributed by atoms with Crippen molar-refractivity contribution in [1.29, 1.82) is 0 Å². The molecule has 4 aromatic rings. The van der Waals surface area contributed by atoms with Crippen molar-refractivity contribution in [3.8, 4) is 23.0 Å². The van der Waals surface area contributed by atoms with E-state index in [0.717, 1.165) is 40.7 Å². The predicted octanol–water partition coefficient (Wildman–Crippen LogP) is 4.23. The Kier molecular flexibility index (Phi) is 6.51. The Morgan fingerprint density at radius 2 is 1.90 bits per heavy atom. The summed E-state index contributed by atoms with van der Waals surface area (Å²) in [6.07, 6.45) is 8.93. The number of hydrogen-bond donors (Lipinski definition) is 2. The van der Waals surface area contributed by atoms with Gasteiger partial charge in [-0.05, 0) is 54.3 Å². The maximum absolute atomic E-state index is 12.7. The van der Waals surface area contributed by atoms with Gasteiger partial charge in [-0.3, -0.25) is 14.9 Å². The van der Waals surface area contributed by atoms with Gasteiger partial charge >= 0.3 is 0 Å². The second-order valence-corrected chi connectivity index (χ2v) is 7.08. The first-order valence-corrected chi connectivity index (χ1v) is 10.2. The number of aryl methyl sites for hydroxylation is 1. The molecular formula is C26H22N4O. The predicted molar refractivity (Wildman–Crippen MR) is 121 cm³/mol. The smallest absolute Gasteiger partial charge is 0.251 e. The molecule has 0 spiro atoms. The average Bonchev–Trinajstić information content (AvgIpc) is 3.35. The lowest BCUT2D eigenvalue weighted by Gasteiger charge is -2.09. The van der Waals surface area contributed by atoms with Gasteiger partial charge in [-0.15, -0.1) is 0 Å². The molecule has 0 fully saturated rings. The molecule has 0 atom stereocenters. The SMILES string of the molecule is O=C(NCCCc1cn[nH]c1)c1ccc(-c2cccnc2)c(C#Cc2ccccc2)c1. The maximum atomic E-state index is 12.7. The quantitative estimate of drug-likeness (QED) is 0.372. The third-order valence-electron chi connectivity index (χ3n) is 4.85. The van der Waals surface area contributed by atoms with Crippen molar-refractivity contribution in [3.05, 3.63) is 108 Å². The van der Waals surface area contributed by atoms with E-state index < -0.39 is 0 Å². The maximum Gasteiger partial charge on any atom is 0.251 e. The second kappa shape index (κ2) is 10.0. The van der Waals surface area contributed by atoms with Crippen LogP contribution in [0.1, 0.15) is 33.5 Å². The zero-order valence-electron chi connectivity index (χ0n) is 17.0. The van der Waals surface area contributed by atoms with Crippen LogP contribution in [0, 0.1) is 11.8 Å². The molecule has 2 heterocycles. The minimum absolute atomic E-state index is 0.104. The topological polar surface area (TPSA) is 70.7 Å². The van der Waals surface area contributed by atoms with Crippen molar-refractivity contribution in [2.24, 2.45) is 0 Å². The number of carbonyl (C=O) groups excluding carboxylic acids is 1. The molecule has 2 aromatic carbocycles. The highest BCUT2D eigenvalue weighted by atomic mass is 16.1. The van der Waals surface area contributed by atoms with Gasteiger partial charge in [0.15, 0.2) is 0 Å². The Morgan fingerprint density at radius 3 is 2.68 bits per heavy atom. The number of aromatic nitrogens is 3.